The van der Waals surface area contributed by atoms with Crippen LogP contribution in [0.15, 0.2) is 0 Å². The van der Waals surface area contributed by atoms with Crippen molar-refractivity contribution in [2.75, 3.05) is 19.8 Å². The Labute approximate surface area is 247 Å². The Kier molecular flexibility index (Phi) is 11.8. The molecule has 4 aliphatic heterocycles. The maximum atomic E-state index is 11.4. The predicted molar refractivity (Wildman–Crippen MR) is 128 cm³/mol. The standard InChI is InChI=1S/C23H38O21/c24-1-5-8(28)17(13(33)22(39-5)41-15-4(26)3-38-20(37)12(15)32)43-23-14(34)16(7(27)6(2-25)40-23)42-21-11(31)9(29)10(30)18(44-21)19(35)36/h4-18,20-34,37H,1-3H2,(H,35,36)/t4-,5-,6-,7+,8+,9+,10+,11-,12-,13-,14-,15+,16+,17+,18+,20?,21-,22+,23+/m1/s1. The quantitative estimate of drug-likeness (QED) is 0.110. The highest BCUT2D eigenvalue weighted by Crippen LogP contribution is 2.33. The minimum atomic E-state index is -2.11. The van der Waals surface area contributed by atoms with E-state index in [4.69, 9.17) is 33.2 Å². The van der Waals surface area contributed by atoms with Gasteiger partial charge in [-0.05, 0) is 0 Å². The Bertz CT molecular complexity index is 944. The first-order valence-corrected chi connectivity index (χ1v) is 13.5. The van der Waals surface area contributed by atoms with Crippen molar-refractivity contribution in [3.8, 4) is 0 Å². The van der Waals surface area contributed by atoms with E-state index < -0.39 is 143 Å². The summed E-state index contributed by atoms with van der Waals surface area (Å²) in [6, 6.07) is 0. The van der Waals surface area contributed by atoms with Crippen molar-refractivity contribution in [2.24, 2.45) is 0 Å². The summed E-state index contributed by atoms with van der Waals surface area (Å²) >= 11 is 0. The first-order valence-electron chi connectivity index (χ1n) is 13.5. The van der Waals surface area contributed by atoms with E-state index in [1.54, 1.807) is 0 Å². The van der Waals surface area contributed by atoms with E-state index in [-0.39, 0.29) is 0 Å². The van der Waals surface area contributed by atoms with Crippen molar-refractivity contribution in [1.29, 1.82) is 0 Å². The van der Waals surface area contributed by atoms with Crippen molar-refractivity contribution in [3.63, 3.8) is 0 Å². The number of aliphatic hydroxyl groups is 12. The number of carbonyl (C=O) groups is 1. The van der Waals surface area contributed by atoms with E-state index in [1.165, 1.54) is 0 Å². The minimum absolute atomic E-state index is 0.478. The van der Waals surface area contributed by atoms with Crippen LogP contribution in [0.1, 0.15) is 0 Å². The number of carboxylic acid groups (broad SMARTS) is 1. The third-order valence-corrected chi connectivity index (χ3v) is 7.78. The van der Waals surface area contributed by atoms with Gasteiger partial charge >= 0.3 is 5.97 Å². The van der Waals surface area contributed by atoms with E-state index >= 15 is 0 Å². The van der Waals surface area contributed by atoms with Crippen molar-refractivity contribution in [2.45, 2.75) is 117 Å². The van der Waals surface area contributed by atoms with Crippen LogP contribution in [0, 0.1) is 0 Å². The number of aliphatic carboxylic acids is 1. The second kappa shape index (κ2) is 14.6. The van der Waals surface area contributed by atoms with Gasteiger partial charge in [0.1, 0.15) is 85.5 Å². The van der Waals surface area contributed by atoms with Crippen LogP contribution in [-0.2, 0) is 38.0 Å². The first-order chi connectivity index (χ1) is 20.7. The smallest absolute Gasteiger partial charge is 0.335 e. The van der Waals surface area contributed by atoms with Crippen LogP contribution in [0.4, 0.5) is 0 Å². The molecule has 4 rings (SSSR count). The molecule has 4 fully saturated rings. The van der Waals surface area contributed by atoms with Gasteiger partial charge in [0.15, 0.2) is 31.3 Å². The van der Waals surface area contributed by atoms with Crippen LogP contribution in [0.2, 0.25) is 0 Å². The molecule has 0 amide bonds. The lowest BCUT2D eigenvalue weighted by molar-refractivity contribution is -0.386. The lowest BCUT2D eigenvalue weighted by Crippen LogP contribution is -2.67. The molecule has 0 saturated carbocycles. The van der Waals surface area contributed by atoms with Crippen LogP contribution in [0.3, 0.4) is 0 Å². The second-order valence-electron chi connectivity index (χ2n) is 10.7. The summed E-state index contributed by atoms with van der Waals surface area (Å²) in [5, 5.41) is 132. The Morgan fingerprint density at radius 2 is 1.02 bits per heavy atom. The molecule has 13 N–H and O–H groups in total. The molecule has 21 nitrogen and oxygen atoms in total. The topological polar surface area (TPSA) is 345 Å². The van der Waals surface area contributed by atoms with Gasteiger partial charge in [-0.1, -0.05) is 0 Å². The van der Waals surface area contributed by atoms with Gasteiger partial charge in [0.2, 0.25) is 0 Å². The van der Waals surface area contributed by atoms with Gasteiger partial charge in [0, 0.05) is 0 Å². The Balaban J connectivity index is 1.53. The molecule has 0 aromatic carbocycles. The first kappa shape index (κ1) is 35.6. The highest BCUT2D eigenvalue weighted by Gasteiger charge is 2.55. The molecular weight excluding hydrogens is 612 g/mol. The number of rotatable bonds is 9. The monoisotopic (exact) mass is 650 g/mol. The number of hydrogen-bond donors (Lipinski definition) is 13. The third kappa shape index (κ3) is 7.01. The van der Waals surface area contributed by atoms with E-state index in [0.717, 1.165) is 0 Å². The molecular formula is C23H38O21. The summed E-state index contributed by atoms with van der Waals surface area (Å²) in [6.07, 6.45) is -35.8. The highest BCUT2D eigenvalue weighted by atomic mass is 16.8. The molecule has 0 radical (unpaired) electrons. The average Bonchev–Trinajstić information content (AvgIpc) is 2.99. The molecule has 4 heterocycles. The molecule has 21 heteroatoms. The molecule has 0 aliphatic carbocycles. The summed E-state index contributed by atoms with van der Waals surface area (Å²) in [4.78, 5) is 11.4. The summed E-state index contributed by atoms with van der Waals surface area (Å²) in [6.45, 7) is -2.30. The van der Waals surface area contributed by atoms with Crippen molar-refractivity contribution < 1.29 is 104 Å². The number of hydrogen-bond acceptors (Lipinski definition) is 20. The van der Waals surface area contributed by atoms with Gasteiger partial charge in [0.25, 0.3) is 0 Å². The van der Waals surface area contributed by atoms with Crippen LogP contribution in [0.25, 0.3) is 0 Å². The van der Waals surface area contributed by atoms with Crippen LogP contribution in [-0.4, -0.2) is 209 Å². The Hall–Kier alpha value is -1.29. The summed E-state index contributed by atoms with van der Waals surface area (Å²) in [7, 11) is 0. The summed E-state index contributed by atoms with van der Waals surface area (Å²) in [5.74, 6) is -1.74. The lowest BCUT2D eigenvalue weighted by atomic mass is 9.95. The van der Waals surface area contributed by atoms with E-state index in [9.17, 15) is 71.2 Å². The summed E-state index contributed by atoms with van der Waals surface area (Å²) in [5.41, 5.74) is 0. The number of carboxylic acids is 1. The molecule has 4 saturated heterocycles. The maximum Gasteiger partial charge on any atom is 0.335 e. The van der Waals surface area contributed by atoms with E-state index in [2.05, 4.69) is 0 Å². The molecule has 0 aromatic heterocycles. The SMILES string of the molecule is O=C(O)[C@H]1O[C@@H](O[C@H]2[C@@H](O)[C@@H](CO)O[C@@H](O[C@H]3[C@@H](O)[C@@H](CO)O[C@@H](O[C@H]4[C@H](O)COC(O)[C@@H]4O)[C@@H]3O)[C@@H]2O)[C@H](O)[C@@H](O)[C@@H]1O. The zero-order chi connectivity index (χ0) is 32.6. The number of aliphatic hydroxyl groups excluding tert-OH is 12. The van der Waals surface area contributed by atoms with Gasteiger partial charge in [-0.15, -0.1) is 0 Å². The molecule has 4 aliphatic rings. The fraction of sp³-hybridized carbons (Fsp3) is 0.957. The van der Waals surface area contributed by atoms with Crippen LogP contribution < -0.4 is 0 Å². The van der Waals surface area contributed by atoms with Crippen molar-refractivity contribution in [3.05, 3.63) is 0 Å². The molecule has 256 valence electrons. The second-order valence-corrected chi connectivity index (χ2v) is 10.7. The van der Waals surface area contributed by atoms with E-state index in [1.807, 2.05) is 0 Å². The average molecular weight is 651 g/mol. The van der Waals surface area contributed by atoms with Gasteiger partial charge in [-0.2, -0.15) is 0 Å². The normalized spacial score (nSPS) is 52.0. The molecule has 44 heavy (non-hydrogen) atoms. The molecule has 0 spiro atoms. The van der Waals surface area contributed by atoms with Crippen molar-refractivity contribution in [1.82, 2.24) is 0 Å². The molecule has 1 unspecified atom stereocenters. The minimum Gasteiger partial charge on any atom is -0.479 e. The van der Waals surface area contributed by atoms with Crippen LogP contribution in [0.5, 0.6) is 0 Å². The maximum absolute atomic E-state index is 11.4. The summed E-state index contributed by atoms with van der Waals surface area (Å²) < 4.78 is 36.9. The van der Waals surface area contributed by atoms with E-state index in [0.29, 0.717) is 0 Å². The van der Waals surface area contributed by atoms with Gasteiger partial charge in [-0.25, -0.2) is 4.79 Å². The third-order valence-electron chi connectivity index (χ3n) is 7.78. The zero-order valence-corrected chi connectivity index (χ0v) is 22.7. The fourth-order valence-corrected chi connectivity index (χ4v) is 5.23. The van der Waals surface area contributed by atoms with Gasteiger partial charge in [-0.3, -0.25) is 0 Å². The van der Waals surface area contributed by atoms with Gasteiger partial charge < -0.3 is 99.5 Å². The van der Waals surface area contributed by atoms with Crippen molar-refractivity contribution >= 4 is 5.97 Å². The fourth-order valence-electron chi connectivity index (χ4n) is 5.23. The van der Waals surface area contributed by atoms with Crippen LogP contribution >= 0.6 is 0 Å². The molecule has 0 bridgehead atoms. The number of ether oxygens (including phenoxy) is 7. The predicted octanol–water partition coefficient (Wildman–Crippen LogP) is -9.02. The Morgan fingerprint density at radius 1 is 0.568 bits per heavy atom. The Morgan fingerprint density at radius 3 is 1.48 bits per heavy atom. The largest absolute Gasteiger partial charge is 0.479 e. The highest BCUT2D eigenvalue weighted by molar-refractivity contribution is 5.73. The van der Waals surface area contributed by atoms with Gasteiger partial charge in [0.05, 0.1) is 19.8 Å². The zero-order valence-electron chi connectivity index (χ0n) is 22.7. The molecule has 19 atom stereocenters. The molecule has 0 aromatic rings. The lowest BCUT2D eigenvalue weighted by Gasteiger charge is -2.48.